The van der Waals surface area contributed by atoms with Crippen LogP contribution in [0.2, 0.25) is 0 Å². The number of thiazole rings is 1. The zero-order valence-electron chi connectivity index (χ0n) is 22.9. The number of furan rings is 1. The van der Waals surface area contributed by atoms with Gasteiger partial charge in [-0.25, -0.2) is 9.37 Å². The molecule has 4 aromatic heterocycles. The van der Waals surface area contributed by atoms with Gasteiger partial charge in [0.2, 0.25) is 11.8 Å². The second-order valence-corrected chi connectivity index (χ2v) is 11.6. The average molecular weight is 595 g/mol. The zero-order valence-corrected chi connectivity index (χ0v) is 23.7. The van der Waals surface area contributed by atoms with Crippen LogP contribution in [-0.4, -0.2) is 81.1 Å². The van der Waals surface area contributed by atoms with Crippen LogP contribution >= 0.6 is 11.3 Å². The first-order valence-corrected chi connectivity index (χ1v) is 14.9. The molecule has 1 unspecified atom stereocenters. The lowest BCUT2D eigenvalue weighted by molar-refractivity contribution is 0.000128. The van der Waals surface area contributed by atoms with Crippen molar-refractivity contribution in [3.63, 3.8) is 0 Å². The number of ether oxygens (including phenoxy) is 2. The lowest BCUT2D eigenvalue weighted by atomic mass is 9.89. The summed E-state index contributed by atoms with van der Waals surface area (Å²) in [6.07, 6.45) is 3.19. The van der Waals surface area contributed by atoms with Crippen LogP contribution in [0.5, 0.6) is 5.75 Å². The van der Waals surface area contributed by atoms with E-state index >= 15 is 4.39 Å². The molecule has 7 rings (SSSR count). The Kier molecular flexibility index (Phi) is 7.36. The Labute approximate surface area is 243 Å². The smallest absolute Gasteiger partial charge is 0.309 e. The minimum atomic E-state index is -0.233. The molecule has 12 nitrogen and oxygen atoms in total. The van der Waals surface area contributed by atoms with Gasteiger partial charge in [-0.2, -0.15) is 9.50 Å². The van der Waals surface area contributed by atoms with Crippen molar-refractivity contribution in [2.75, 3.05) is 51.7 Å². The number of piperidine rings is 1. The van der Waals surface area contributed by atoms with E-state index in [9.17, 15) is 4.79 Å². The monoisotopic (exact) mass is 594 g/mol. The number of nitrogens with one attached hydrogen (secondary N) is 1. The summed E-state index contributed by atoms with van der Waals surface area (Å²) in [6.45, 7) is 5.38. The third kappa shape index (κ3) is 5.26. The zero-order chi connectivity index (χ0) is 28.6. The Morgan fingerprint density at radius 3 is 2.81 bits per heavy atom. The molecule has 0 aliphatic carbocycles. The minimum absolute atomic E-state index is 0.0224. The standard InChI is InChI=1S/C28H31FN8O4S/c29-21-14-18(41-16-19-15-31-7-13-39-19)3-4-20(21)17-5-8-35(9-6-17)10-11-36-25-23(42-28(36)38)26-32-24(22-2-1-12-40-22)34-37(26)27(30)33-25/h1-4,12,14,17,19,31H,5-11,13,15-16H2,(H2,30,33). The van der Waals surface area contributed by atoms with E-state index in [1.807, 2.05) is 12.1 Å². The molecule has 0 radical (unpaired) electrons. The van der Waals surface area contributed by atoms with Crippen LogP contribution in [0.1, 0.15) is 24.3 Å². The first-order valence-electron chi connectivity index (χ1n) is 14.1. The Balaban J connectivity index is 0.986. The summed E-state index contributed by atoms with van der Waals surface area (Å²) in [7, 11) is 0. The largest absolute Gasteiger partial charge is 0.491 e. The number of nitrogens with two attached hydrogens (primary N) is 1. The van der Waals surface area contributed by atoms with E-state index < -0.39 is 0 Å². The van der Waals surface area contributed by atoms with Crippen LogP contribution in [0.4, 0.5) is 10.3 Å². The van der Waals surface area contributed by atoms with E-state index in [2.05, 4.69) is 25.3 Å². The highest BCUT2D eigenvalue weighted by molar-refractivity contribution is 7.17. The molecule has 0 saturated carbocycles. The molecule has 0 bridgehead atoms. The third-order valence-electron chi connectivity index (χ3n) is 7.94. The summed E-state index contributed by atoms with van der Waals surface area (Å²) >= 11 is 1.08. The number of halogens is 1. The normalized spacial score (nSPS) is 18.7. The second-order valence-electron chi connectivity index (χ2n) is 10.6. The van der Waals surface area contributed by atoms with Crippen LogP contribution in [0.3, 0.4) is 0 Å². The summed E-state index contributed by atoms with van der Waals surface area (Å²) < 4.78 is 35.6. The maximum atomic E-state index is 15.0. The summed E-state index contributed by atoms with van der Waals surface area (Å²) in [5.41, 5.74) is 7.90. The number of nitrogen functional groups attached to an aromatic ring is 1. The van der Waals surface area contributed by atoms with Gasteiger partial charge in [0.05, 0.1) is 12.9 Å². The molecule has 1 atom stereocenters. The number of hydrogen-bond donors (Lipinski definition) is 2. The second kappa shape index (κ2) is 11.4. The predicted octanol–water partition coefficient (Wildman–Crippen LogP) is 2.73. The van der Waals surface area contributed by atoms with Gasteiger partial charge in [0, 0.05) is 32.2 Å². The number of benzene rings is 1. The Morgan fingerprint density at radius 2 is 2.05 bits per heavy atom. The highest BCUT2D eigenvalue weighted by Gasteiger charge is 2.25. The van der Waals surface area contributed by atoms with E-state index in [0.717, 1.165) is 55.9 Å². The maximum Gasteiger partial charge on any atom is 0.309 e. The molecule has 2 saturated heterocycles. The number of hydrogen-bond acceptors (Lipinski definition) is 11. The molecule has 6 heterocycles. The Bertz CT molecular complexity index is 1750. The maximum absolute atomic E-state index is 15.0. The highest BCUT2D eigenvalue weighted by Crippen LogP contribution is 2.32. The minimum Gasteiger partial charge on any atom is -0.491 e. The molecule has 0 spiro atoms. The molecule has 14 heteroatoms. The van der Waals surface area contributed by atoms with Crippen molar-refractivity contribution in [1.82, 2.24) is 34.4 Å². The molecule has 42 heavy (non-hydrogen) atoms. The molecular weight excluding hydrogens is 563 g/mol. The van der Waals surface area contributed by atoms with E-state index in [1.165, 1.54) is 10.6 Å². The molecule has 3 N–H and O–H groups in total. The van der Waals surface area contributed by atoms with E-state index in [4.69, 9.17) is 19.6 Å². The number of nitrogens with zero attached hydrogens (tertiary/aromatic N) is 6. The van der Waals surface area contributed by atoms with Gasteiger partial charge in [-0.15, -0.1) is 5.10 Å². The fourth-order valence-corrected chi connectivity index (χ4v) is 6.62. The van der Waals surface area contributed by atoms with Crippen molar-refractivity contribution in [3.8, 4) is 17.3 Å². The van der Waals surface area contributed by atoms with Crippen molar-refractivity contribution in [3.05, 3.63) is 57.6 Å². The summed E-state index contributed by atoms with van der Waals surface area (Å²) in [5, 5.41) is 7.67. The SMILES string of the molecule is Nc1nc2c(sc(=O)n2CCN2CCC(c3ccc(OCC4CNCCO4)cc3F)CC2)c2nc(-c3ccco3)nn12. The predicted molar refractivity (Wildman–Crippen MR) is 155 cm³/mol. The van der Waals surface area contributed by atoms with Gasteiger partial charge in [0.25, 0.3) is 0 Å². The fourth-order valence-electron chi connectivity index (χ4n) is 5.69. The van der Waals surface area contributed by atoms with Gasteiger partial charge in [0.1, 0.15) is 29.0 Å². The Hall–Kier alpha value is -3.85. The number of anilines is 1. The number of fused-ring (bicyclic) bond motifs is 3. The van der Waals surface area contributed by atoms with Crippen LogP contribution in [0.15, 0.2) is 45.8 Å². The highest BCUT2D eigenvalue weighted by atomic mass is 32.1. The van der Waals surface area contributed by atoms with Gasteiger partial charge in [0.15, 0.2) is 17.1 Å². The molecule has 2 aliphatic heterocycles. The van der Waals surface area contributed by atoms with Crippen molar-refractivity contribution < 1.29 is 18.3 Å². The molecular formula is C28H31FN8O4S. The van der Waals surface area contributed by atoms with Crippen molar-refractivity contribution in [2.24, 2.45) is 0 Å². The van der Waals surface area contributed by atoms with E-state index in [-0.39, 0.29) is 28.7 Å². The van der Waals surface area contributed by atoms with Crippen molar-refractivity contribution in [1.29, 1.82) is 0 Å². The summed E-state index contributed by atoms with van der Waals surface area (Å²) in [4.78, 5) is 24.2. The molecule has 2 fully saturated rings. The number of likely N-dealkylation sites (tertiary alicyclic amines) is 1. The van der Waals surface area contributed by atoms with Gasteiger partial charge in [-0.1, -0.05) is 17.4 Å². The van der Waals surface area contributed by atoms with Crippen LogP contribution in [0, 0.1) is 5.82 Å². The van der Waals surface area contributed by atoms with Gasteiger partial charge in [-0.3, -0.25) is 9.36 Å². The summed E-state index contributed by atoms with van der Waals surface area (Å²) in [6, 6.07) is 8.69. The molecule has 0 amide bonds. The van der Waals surface area contributed by atoms with Gasteiger partial charge >= 0.3 is 4.87 Å². The van der Waals surface area contributed by atoms with Crippen molar-refractivity contribution in [2.45, 2.75) is 31.4 Å². The average Bonchev–Trinajstić information content (AvgIpc) is 3.76. The Morgan fingerprint density at radius 1 is 1.17 bits per heavy atom. The number of morpholine rings is 1. The first kappa shape index (κ1) is 27.0. The van der Waals surface area contributed by atoms with E-state index in [0.29, 0.717) is 59.6 Å². The topological polar surface area (TPSA) is 138 Å². The molecule has 2 aliphatic rings. The van der Waals surface area contributed by atoms with Crippen molar-refractivity contribution >= 4 is 33.3 Å². The quantitative estimate of drug-likeness (QED) is 0.276. The molecule has 1 aromatic carbocycles. The number of aromatic nitrogens is 5. The van der Waals surface area contributed by atoms with Crippen LogP contribution in [-0.2, 0) is 11.3 Å². The van der Waals surface area contributed by atoms with Crippen LogP contribution < -0.4 is 20.7 Å². The fraction of sp³-hybridized carbons (Fsp3) is 0.429. The lowest BCUT2D eigenvalue weighted by Crippen LogP contribution is -2.41. The van der Waals surface area contributed by atoms with Gasteiger partial charge < -0.3 is 29.8 Å². The molecule has 5 aromatic rings. The van der Waals surface area contributed by atoms with Gasteiger partial charge in [-0.05, 0) is 55.6 Å². The summed E-state index contributed by atoms with van der Waals surface area (Å²) in [5.74, 6) is 1.45. The lowest BCUT2D eigenvalue weighted by Gasteiger charge is -2.32. The first-order chi connectivity index (χ1) is 20.5. The van der Waals surface area contributed by atoms with E-state index in [1.54, 1.807) is 23.0 Å². The number of rotatable bonds is 8. The third-order valence-corrected chi connectivity index (χ3v) is 8.90. The van der Waals surface area contributed by atoms with Crippen LogP contribution in [0.25, 0.3) is 27.6 Å². The molecule has 220 valence electrons.